The zero-order valence-electron chi connectivity index (χ0n) is 20.6. The van der Waals surface area contributed by atoms with Crippen molar-refractivity contribution in [1.29, 1.82) is 0 Å². The third-order valence-corrected chi connectivity index (χ3v) is 5.00. The molecule has 0 radical (unpaired) electrons. The summed E-state index contributed by atoms with van der Waals surface area (Å²) < 4.78 is 63.1. The second-order valence-corrected chi connectivity index (χ2v) is 9.09. The second kappa shape index (κ2) is 12.0. The number of carbonyl (C=O) groups is 3. The van der Waals surface area contributed by atoms with Gasteiger partial charge in [0.15, 0.2) is 12.1 Å². The SMILES string of the molecule is COC(=O)[C@@H](NC(=O)[C@@H](O)[C@@H](Cc1ccccc1)NC(=O)OC(C)(C)C)c1ccc(F)c(C(F)(F)F)c1. The van der Waals surface area contributed by atoms with Crippen molar-refractivity contribution in [3.8, 4) is 0 Å². The van der Waals surface area contributed by atoms with E-state index in [2.05, 4.69) is 15.4 Å². The maximum Gasteiger partial charge on any atom is 0.419 e. The average molecular weight is 528 g/mol. The van der Waals surface area contributed by atoms with Gasteiger partial charge in [0, 0.05) is 0 Å². The molecule has 3 atom stereocenters. The summed E-state index contributed by atoms with van der Waals surface area (Å²) >= 11 is 0. The standard InChI is InChI=1S/C25H28F4N2O6/c1-24(2,3)37-23(35)30-18(12-14-8-6-5-7-9-14)20(32)21(33)31-19(22(34)36-4)15-10-11-17(26)16(13-15)25(27,28)29/h5-11,13,18-20,32H,12H2,1-4H3,(H,30,35)(H,31,33)/t18-,19+,20+/m1/s1. The number of carbonyl (C=O) groups excluding carboxylic acids is 3. The first-order chi connectivity index (χ1) is 17.1. The van der Waals surface area contributed by atoms with Crippen molar-refractivity contribution < 1.29 is 46.5 Å². The van der Waals surface area contributed by atoms with E-state index in [0.717, 1.165) is 13.2 Å². The molecule has 0 aromatic heterocycles. The quantitative estimate of drug-likeness (QED) is 0.356. The largest absolute Gasteiger partial charge is 0.467 e. The Labute approximate surface area is 211 Å². The molecule has 0 saturated heterocycles. The van der Waals surface area contributed by atoms with Gasteiger partial charge in [0.1, 0.15) is 11.4 Å². The third kappa shape index (κ3) is 8.74. The molecule has 0 bridgehead atoms. The maximum atomic E-state index is 13.7. The number of nitrogens with one attached hydrogen (secondary N) is 2. The van der Waals surface area contributed by atoms with Crippen molar-refractivity contribution in [1.82, 2.24) is 10.6 Å². The molecule has 0 aliphatic rings. The molecular formula is C25H28F4N2O6. The molecule has 37 heavy (non-hydrogen) atoms. The molecule has 202 valence electrons. The van der Waals surface area contributed by atoms with Gasteiger partial charge in [-0.25, -0.2) is 14.0 Å². The van der Waals surface area contributed by atoms with Gasteiger partial charge in [-0.05, 0) is 50.5 Å². The third-order valence-electron chi connectivity index (χ3n) is 5.00. The summed E-state index contributed by atoms with van der Waals surface area (Å²) in [5.41, 5.74) is -2.33. The number of aliphatic hydroxyl groups is 1. The minimum atomic E-state index is -5.07. The normalized spacial score (nSPS) is 14.2. The van der Waals surface area contributed by atoms with Crippen LogP contribution >= 0.6 is 0 Å². The van der Waals surface area contributed by atoms with Crippen LogP contribution in [-0.4, -0.2) is 47.9 Å². The molecule has 2 aromatic rings. The number of methoxy groups -OCH3 is 1. The monoisotopic (exact) mass is 528 g/mol. The topological polar surface area (TPSA) is 114 Å². The number of amides is 2. The van der Waals surface area contributed by atoms with Gasteiger partial charge < -0.3 is 25.2 Å². The van der Waals surface area contributed by atoms with Crippen molar-refractivity contribution in [3.63, 3.8) is 0 Å². The minimum Gasteiger partial charge on any atom is -0.467 e. The van der Waals surface area contributed by atoms with E-state index in [1.165, 1.54) is 0 Å². The van der Waals surface area contributed by atoms with Gasteiger partial charge in [-0.3, -0.25) is 4.79 Å². The van der Waals surface area contributed by atoms with E-state index in [0.29, 0.717) is 17.7 Å². The molecule has 0 aliphatic heterocycles. The Bertz CT molecular complexity index is 1100. The van der Waals surface area contributed by atoms with E-state index < -0.39 is 64.9 Å². The summed E-state index contributed by atoms with van der Waals surface area (Å²) in [5, 5.41) is 15.3. The van der Waals surface area contributed by atoms with Crippen LogP contribution in [0.5, 0.6) is 0 Å². The van der Waals surface area contributed by atoms with Crippen molar-refractivity contribution in [2.45, 2.75) is 57.2 Å². The summed E-state index contributed by atoms with van der Waals surface area (Å²) in [4.78, 5) is 37.6. The van der Waals surface area contributed by atoms with E-state index in [4.69, 9.17) is 4.74 Å². The van der Waals surface area contributed by atoms with Crippen LogP contribution in [0.3, 0.4) is 0 Å². The van der Waals surface area contributed by atoms with Crippen LogP contribution in [0.2, 0.25) is 0 Å². The van der Waals surface area contributed by atoms with Crippen molar-refractivity contribution >= 4 is 18.0 Å². The van der Waals surface area contributed by atoms with Crippen LogP contribution in [0.15, 0.2) is 48.5 Å². The van der Waals surface area contributed by atoms with Gasteiger partial charge in [0.05, 0.1) is 18.7 Å². The zero-order chi connectivity index (χ0) is 28.0. The minimum absolute atomic E-state index is 0.0354. The van der Waals surface area contributed by atoms with Crippen molar-refractivity contribution in [2.24, 2.45) is 0 Å². The lowest BCUT2D eigenvalue weighted by atomic mass is 9.99. The summed E-state index contributed by atoms with van der Waals surface area (Å²) in [7, 11) is 0.939. The van der Waals surface area contributed by atoms with Crippen molar-refractivity contribution in [2.75, 3.05) is 7.11 Å². The number of hydrogen-bond donors (Lipinski definition) is 3. The number of benzene rings is 2. The number of alkyl halides is 3. The number of rotatable bonds is 8. The summed E-state index contributed by atoms with van der Waals surface area (Å²) in [6.45, 7) is 4.84. The first-order valence-electron chi connectivity index (χ1n) is 11.1. The highest BCUT2D eigenvalue weighted by Crippen LogP contribution is 2.33. The number of halogens is 4. The Morgan fingerprint density at radius 3 is 2.16 bits per heavy atom. The lowest BCUT2D eigenvalue weighted by molar-refractivity contribution is -0.147. The molecule has 0 unspecified atom stereocenters. The van der Waals surface area contributed by atoms with Crippen LogP contribution in [-0.2, 0) is 31.7 Å². The fourth-order valence-corrected chi connectivity index (χ4v) is 3.31. The summed E-state index contributed by atoms with van der Waals surface area (Å²) in [6, 6.07) is 7.18. The Balaban J connectivity index is 2.34. The lowest BCUT2D eigenvalue weighted by Gasteiger charge is -2.27. The molecule has 12 heteroatoms. The van der Waals surface area contributed by atoms with E-state index >= 15 is 0 Å². The molecule has 0 heterocycles. The molecule has 3 N–H and O–H groups in total. The number of hydrogen-bond acceptors (Lipinski definition) is 6. The number of alkyl carbamates (subject to hydrolysis) is 1. The molecule has 0 aliphatic carbocycles. The van der Waals surface area contributed by atoms with Gasteiger partial charge in [-0.2, -0.15) is 13.2 Å². The van der Waals surface area contributed by atoms with E-state index in [9.17, 15) is 37.1 Å². The van der Waals surface area contributed by atoms with Gasteiger partial charge in [-0.1, -0.05) is 36.4 Å². The fraction of sp³-hybridized carbons (Fsp3) is 0.400. The molecule has 8 nitrogen and oxygen atoms in total. The number of aliphatic hydroxyl groups excluding tert-OH is 1. The van der Waals surface area contributed by atoms with Crippen LogP contribution < -0.4 is 10.6 Å². The van der Waals surface area contributed by atoms with Crippen LogP contribution in [0.25, 0.3) is 0 Å². The first kappa shape index (κ1) is 29.6. The molecular weight excluding hydrogens is 500 g/mol. The zero-order valence-corrected chi connectivity index (χ0v) is 20.6. The predicted octanol–water partition coefficient (Wildman–Crippen LogP) is 3.67. The van der Waals surface area contributed by atoms with Gasteiger partial charge >= 0.3 is 18.2 Å². The van der Waals surface area contributed by atoms with Gasteiger partial charge in [0.25, 0.3) is 5.91 Å². The molecule has 0 fully saturated rings. The highest BCUT2D eigenvalue weighted by molar-refractivity contribution is 5.88. The first-order valence-corrected chi connectivity index (χ1v) is 11.1. The summed E-state index contributed by atoms with van der Waals surface area (Å²) in [6.07, 6.45) is -8.00. The van der Waals surface area contributed by atoms with E-state index in [1.807, 2.05) is 0 Å². The van der Waals surface area contributed by atoms with Crippen molar-refractivity contribution in [3.05, 3.63) is 71.0 Å². The van der Waals surface area contributed by atoms with E-state index in [1.54, 1.807) is 51.1 Å². The molecule has 0 saturated carbocycles. The van der Waals surface area contributed by atoms with Crippen LogP contribution in [0.1, 0.15) is 43.5 Å². The molecule has 2 amide bonds. The smallest absolute Gasteiger partial charge is 0.419 e. The maximum absolute atomic E-state index is 13.7. The average Bonchev–Trinajstić information content (AvgIpc) is 2.80. The second-order valence-electron chi connectivity index (χ2n) is 9.09. The Morgan fingerprint density at radius 1 is 1.00 bits per heavy atom. The van der Waals surface area contributed by atoms with Crippen LogP contribution in [0.4, 0.5) is 22.4 Å². The Morgan fingerprint density at radius 2 is 1.62 bits per heavy atom. The van der Waals surface area contributed by atoms with E-state index in [-0.39, 0.29) is 6.42 Å². The molecule has 0 spiro atoms. The predicted molar refractivity (Wildman–Crippen MR) is 124 cm³/mol. The number of esters is 1. The highest BCUT2D eigenvalue weighted by Gasteiger charge is 2.37. The summed E-state index contributed by atoms with van der Waals surface area (Å²) in [5.74, 6) is -3.94. The van der Waals surface area contributed by atoms with Gasteiger partial charge in [0.2, 0.25) is 0 Å². The van der Waals surface area contributed by atoms with Gasteiger partial charge in [-0.15, -0.1) is 0 Å². The Hall–Kier alpha value is -3.67. The number of ether oxygens (including phenoxy) is 2. The lowest BCUT2D eigenvalue weighted by Crippen LogP contribution is -2.53. The molecule has 2 rings (SSSR count). The Kier molecular flexibility index (Phi) is 9.62. The van der Waals surface area contributed by atoms with Crippen LogP contribution in [0, 0.1) is 5.82 Å². The fourth-order valence-electron chi connectivity index (χ4n) is 3.31. The highest BCUT2D eigenvalue weighted by atomic mass is 19.4. The molecule has 2 aromatic carbocycles.